The van der Waals surface area contributed by atoms with Crippen LogP contribution in [0.2, 0.25) is 0 Å². The molecule has 0 aromatic heterocycles. The molecule has 1 aliphatic rings. The van der Waals surface area contributed by atoms with Crippen molar-refractivity contribution in [1.82, 2.24) is 5.32 Å². The van der Waals surface area contributed by atoms with Crippen molar-refractivity contribution in [1.29, 1.82) is 0 Å². The molecule has 3 N–H and O–H groups in total. The first kappa shape index (κ1) is 15.9. The largest absolute Gasteiger partial charge is 0.352 e. The average molecular weight is 296 g/mol. The number of nitrogens with one attached hydrogen (secondary N) is 1. The average Bonchev–Trinajstić information content (AvgIpc) is 2.49. The van der Waals surface area contributed by atoms with Gasteiger partial charge >= 0.3 is 0 Å². The van der Waals surface area contributed by atoms with Crippen LogP contribution in [-0.4, -0.2) is 12.5 Å². The Kier molecular flexibility index (Phi) is 5.28. The third-order valence-corrected chi connectivity index (χ3v) is 4.37. The Balaban J connectivity index is 1.91. The Labute approximate surface area is 123 Å². The van der Waals surface area contributed by atoms with Crippen molar-refractivity contribution in [2.24, 2.45) is 11.1 Å². The van der Waals surface area contributed by atoms with Gasteiger partial charge in [-0.1, -0.05) is 19.3 Å². The normalized spacial score (nSPS) is 17.5. The highest BCUT2D eigenvalue weighted by atomic mass is 19.1. The molecular weight excluding hydrogens is 274 g/mol. The highest BCUT2D eigenvalue weighted by Gasteiger charge is 2.32. The van der Waals surface area contributed by atoms with Crippen molar-refractivity contribution in [3.05, 3.63) is 35.4 Å². The van der Waals surface area contributed by atoms with Crippen LogP contribution in [0.3, 0.4) is 0 Å². The van der Waals surface area contributed by atoms with E-state index >= 15 is 0 Å². The van der Waals surface area contributed by atoms with Gasteiger partial charge in [0.15, 0.2) is 0 Å². The number of hydrogen-bond donors (Lipinski definition) is 2. The second-order valence-electron chi connectivity index (χ2n) is 5.95. The van der Waals surface area contributed by atoms with Crippen molar-refractivity contribution in [3.63, 3.8) is 0 Å². The van der Waals surface area contributed by atoms with Crippen molar-refractivity contribution < 1.29 is 13.6 Å². The Morgan fingerprint density at radius 1 is 1.24 bits per heavy atom. The molecule has 21 heavy (non-hydrogen) atoms. The van der Waals surface area contributed by atoms with Gasteiger partial charge in [-0.25, -0.2) is 8.78 Å². The van der Waals surface area contributed by atoms with Crippen LogP contribution >= 0.6 is 0 Å². The summed E-state index contributed by atoms with van der Waals surface area (Å²) in [6.07, 6.45) is 5.68. The third-order valence-electron chi connectivity index (χ3n) is 4.37. The van der Waals surface area contributed by atoms with Crippen LogP contribution in [-0.2, 0) is 11.3 Å². The summed E-state index contributed by atoms with van der Waals surface area (Å²) in [5.41, 5.74) is 5.89. The van der Waals surface area contributed by atoms with E-state index in [1.165, 1.54) is 6.42 Å². The first-order valence-corrected chi connectivity index (χ1v) is 7.45. The molecule has 0 bridgehead atoms. The summed E-state index contributed by atoms with van der Waals surface area (Å²) in [4.78, 5) is 12.1. The Bertz CT molecular complexity index is 499. The molecular formula is C16H22F2N2O. The molecule has 116 valence electrons. The van der Waals surface area contributed by atoms with Gasteiger partial charge < -0.3 is 11.1 Å². The maximum Gasteiger partial charge on any atom is 0.220 e. The van der Waals surface area contributed by atoms with Crippen LogP contribution in [0.4, 0.5) is 8.78 Å². The van der Waals surface area contributed by atoms with Crippen LogP contribution < -0.4 is 11.1 Å². The molecule has 1 fully saturated rings. The number of halogens is 2. The fraction of sp³-hybridized carbons (Fsp3) is 0.562. The third kappa shape index (κ3) is 4.24. The predicted octanol–water partition coefficient (Wildman–Crippen LogP) is 2.88. The van der Waals surface area contributed by atoms with Crippen LogP contribution in [0.1, 0.15) is 44.1 Å². The van der Waals surface area contributed by atoms with E-state index in [1.807, 2.05) is 0 Å². The summed E-state index contributed by atoms with van der Waals surface area (Å²) < 4.78 is 26.5. The highest BCUT2D eigenvalue weighted by Crippen LogP contribution is 2.38. The van der Waals surface area contributed by atoms with E-state index in [0.29, 0.717) is 13.0 Å². The number of nitrogens with two attached hydrogens (primary N) is 1. The lowest BCUT2D eigenvalue weighted by Crippen LogP contribution is -2.38. The molecule has 1 aliphatic carbocycles. The number of rotatable bonds is 5. The summed E-state index contributed by atoms with van der Waals surface area (Å²) >= 11 is 0. The van der Waals surface area contributed by atoms with Gasteiger partial charge in [0.05, 0.1) is 0 Å². The van der Waals surface area contributed by atoms with E-state index in [0.717, 1.165) is 43.9 Å². The number of carbonyl (C=O) groups is 1. The molecule has 1 amide bonds. The summed E-state index contributed by atoms with van der Waals surface area (Å²) in [6.45, 7) is 0.498. The van der Waals surface area contributed by atoms with Gasteiger partial charge in [0, 0.05) is 18.5 Å². The zero-order valence-electron chi connectivity index (χ0n) is 12.1. The fourth-order valence-electron chi connectivity index (χ4n) is 3.03. The topological polar surface area (TPSA) is 55.1 Å². The van der Waals surface area contributed by atoms with E-state index in [4.69, 9.17) is 5.73 Å². The molecule has 5 heteroatoms. The lowest BCUT2D eigenvalue weighted by molar-refractivity contribution is -0.124. The number of amides is 1. The molecule has 1 aromatic rings. The molecule has 0 spiro atoms. The highest BCUT2D eigenvalue weighted by molar-refractivity contribution is 5.76. The van der Waals surface area contributed by atoms with Crippen molar-refractivity contribution in [3.8, 4) is 0 Å². The van der Waals surface area contributed by atoms with Gasteiger partial charge in [-0.2, -0.15) is 0 Å². The van der Waals surface area contributed by atoms with Gasteiger partial charge in [-0.05, 0) is 43.0 Å². The van der Waals surface area contributed by atoms with E-state index < -0.39 is 11.6 Å². The Morgan fingerprint density at radius 2 is 1.95 bits per heavy atom. The molecule has 0 atom stereocenters. The fourth-order valence-corrected chi connectivity index (χ4v) is 3.03. The quantitative estimate of drug-likeness (QED) is 0.878. The molecule has 0 aliphatic heterocycles. The standard InChI is InChI=1S/C16H22F2N2O/c17-13-4-5-14(18)12(8-13)10-20-15(21)9-16(11-19)6-2-1-3-7-16/h4-5,8H,1-3,6-7,9-11,19H2,(H,20,21). The Hall–Kier alpha value is -1.49. The maximum atomic E-state index is 13.5. The first-order valence-electron chi connectivity index (χ1n) is 7.45. The lowest BCUT2D eigenvalue weighted by atomic mass is 9.71. The van der Waals surface area contributed by atoms with E-state index in [1.54, 1.807) is 0 Å². The second-order valence-corrected chi connectivity index (χ2v) is 5.95. The molecule has 3 nitrogen and oxygen atoms in total. The molecule has 1 saturated carbocycles. The van der Waals surface area contributed by atoms with Crippen molar-refractivity contribution in [2.75, 3.05) is 6.54 Å². The second kappa shape index (κ2) is 6.98. The molecule has 0 saturated heterocycles. The molecule has 2 rings (SSSR count). The van der Waals surface area contributed by atoms with Crippen molar-refractivity contribution >= 4 is 5.91 Å². The van der Waals surface area contributed by atoms with Gasteiger partial charge in [0.1, 0.15) is 11.6 Å². The van der Waals surface area contributed by atoms with Crippen LogP contribution in [0.5, 0.6) is 0 Å². The molecule has 0 heterocycles. The first-order chi connectivity index (χ1) is 10.0. The number of hydrogen-bond acceptors (Lipinski definition) is 2. The van der Waals surface area contributed by atoms with Gasteiger partial charge in [0.2, 0.25) is 5.91 Å². The van der Waals surface area contributed by atoms with Gasteiger partial charge in [-0.3, -0.25) is 4.79 Å². The number of benzene rings is 1. The van der Waals surface area contributed by atoms with Crippen LogP contribution in [0, 0.1) is 17.0 Å². The minimum absolute atomic E-state index is 0.00305. The molecule has 1 aromatic carbocycles. The minimum Gasteiger partial charge on any atom is -0.352 e. The van der Waals surface area contributed by atoms with Gasteiger partial charge in [-0.15, -0.1) is 0 Å². The summed E-state index contributed by atoms with van der Waals surface area (Å²) in [6, 6.07) is 3.24. The maximum absolute atomic E-state index is 13.5. The summed E-state index contributed by atoms with van der Waals surface area (Å²) in [5.74, 6) is -1.17. The van der Waals surface area contributed by atoms with Crippen LogP contribution in [0.15, 0.2) is 18.2 Å². The van der Waals surface area contributed by atoms with Crippen LogP contribution in [0.25, 0.3) is 0 Å². The van der Waals surface area contributed by atoms with E-state index in [2.05, 4.69) is 5.32 Å². The summed E-state index contributed by atoms with van der Waals surface area (Å²) in [7, 11) is 0. The Morgan fingerprint density at radius 3 is 2.62 bits per heavy atom. The van der Waals surface area contributed by atoms with E-state index in [9.17, 15) is 13.6 Å². The van der Waals surface area contributed by atoms with E-state index in [-0.39, 0.29) is 23.4 Å². The van der Waals surface area contributed by atoms with Gasteiger partial charge in [0.25, 0.3) is 0 Å². The number of carbonyl (C=O) groups excluding carboxylic acids is 1. The minimum atomic E-state index is -0.511. The SMILES string of the molecule is NCC1(CC(=O)NCc2cc(F)ccc2F)CCCCC1. The zero-order chi connectivity index (χ0) is 15.3. The molecule has 0 unspecified atom stereocenters. The lowest BCUT2D eigenvalue weighted by Gasteiger charge is -2.35. The smallest absolute Gasteiger partial charge is 0.220 e. The predicted molar refractivity (Wildman–Crippen MR) is 77.4 cm³/mol. The molecule has 0 radical (unpaired) electrons. The monoisotopic (exact) mass is 296 g/mol. The zero-order valence-corrected chi connectivity index (χ0v) is 12.1. The van der Waals surface area contributed by atoms with Crippen molar-refractivity contribution in [2.45, 2.75) is 45.1 Å². The summed E-state index contributed by atoms with van der Waals surface area (Å²) in [5, 5.41) is 2.67.